The number of benzene rings is 2. The Morgan fingerprint density at radius 1 is 1.07 bits per heavy atom. The van der Waals surface area contributed by atoms with E-state index in [1.807, 2.05) is 18.2 Å². The molecule has 72 valence electrons. The Labute approximate surface area is 85.7 Å². The molecule has 0 aliphatic carbocycles. The standard InChI is InChI=1S/C12H14OSi/c1-2-14(13)12-9-5-7-10-6-3-4-8-11(10)12/h3-9,13-14H,2H2,1H3. The molecule has 14 heavy (non-hydrogen) atoms. The van der Waals surface area contributed by atoms with Crippen LogP contribution in [0.5, 0.6) is 0 Å². The summed E-state index contributed by atoms with van der Waals surface area (Å²) >= 11 is 0. The van der Waals surface area contributed by atoms with Crippen LogP contribution in [0.3, 0.4) is 0 Å². The molecule has 2 aromatic carbocycles. The summed E-state index contributed by atoms with van der Waals surface area (Å²) in [5.74, 6) is 0. The molecule has 1 atom stereocenters. The van der Waals surface area contributed by atoms with Crippen molar-refractivity contribution in [2.24, 2.45) is 0 Å². The maximum atomic E-state index is 9.97. The fraction of sp³-hybridized carbons (Fsp3) is 0.167. The van der Waals surface area contributed by atoms with Gasteiger partial charge < -0.3 is 4.80 Å². The number of fused-ring (bicyclic) bond motifs is 1. The first-order chi connectivity index (χ1) is 6.83. The fourth-order valence-corrected chi connectivity index (χ4v) is 3.16. The summed E-state index contributed by atoms with van der Waals surface area (Å²) in [7, 11) is -1.69. The summed E-state index contributed by atoms with van der Waals surface area (Å²) in [6.45, 7) is 2.05. The van der Waals surface area contributed by atoms with E-state index < -0.39 is 9.04 Å². The molecule has 0 amide bonds. The van der Waals surface area contributed by atoms with Gasteiger partial charge in [-0.05, 0) is 22.0 Å². The van der Waals surface area contributed by atoms with Crippen LogP contribution in [-0.2, 0) is 0 Å². The molecule has 0 fully saturated rings. The summed E-state index contributed by atoms with van der Waals surface area (Å²) in [6, 6.07) is 15.3. The van der Waals surface area contributed by atoms with Crippen molar-refractivity contribution >= 4 is 25.0 Å². The van der Waals surface area contributed by atoms with Crippen molar-refractivity contribution in [1.29, 1.82) is 0 Å². The van der Waals surface area contributed by atoms with Crippen molar-refractivity contribution in [3.63, 3.8) is 0 Å². The normalized spacial score (nSPS) is 13.0. The third-order valence-electron chi connectivity index (χ3n) is 2.57. The minimum Gasteiger partial charge on any atom is -0.430 e. The van der Waals surface area contributed by atoms with Gasteiger partial charge in [-0.3, -0.25) is 0 Å². The van der Waals surface area contributed by atoms with Gasteiger partial charge >= 0.3 is 0 Å². The highest BCUT2D eigenvalue weighted by Crippen LogP contribution is 2.11. The van der Waals surface area contributed by atoms with Gasteiger partial charge in [0.15, 0.2) is 0 Å². The van der Waals surface area contributed by atoms with Crippen molar-refractivity contribution < 1.29 is 4.80 Å². The van der Waals surface area contributed by atoms with Crippen LogP contribution in [-0.4, -0.2) is 13.8 Å². The molecule has 1 unspecified atom stereocenters. The highest BCUT2D eigenvalue weighted by Gasteiger charge is 2.10. The van der Waals surface area contributed by atoms with Gasteiger partial charge in [0.2, 0.25) is 9.04 Å². The van der Waals surface area contributed by atoms with Gasteiger partial charge in [0.05, 0.1) is 0 Å². The summed E-state index contributed by atoms with van der Waals surface area (Å²) in [6.07, 6.45) is 0. The minimum atomic E-state index is -1.69. The van der Waals surface area contributed by atoms with Crippen molar-refractivity contribution in [2.75, 3.05) is 0 Å². The summed E-state index contributed by atoms with van der Waals surface area (Å²) in [4.78, 5) is 9.97. The van der Waals surface area contributed by atoms with Gasteiger partial charge in [-0.2, -0.15) is 0 Å². The van der Waals surface area contributed by atoms with E-state index in [9.17, 15) is 4.80 Å². The second-order valence-corrected chi connectivity index (χ2v) is 5.96. The van der Waals surface area contributed by atoms with Crippen LogP contribution in [0, 0.1) is 0 Å². The molecule has 0 saturated carbocycles. The lowest BCUT2D eigenvalue weighted by atomic mass is 10.1. The zero-order valence-electron chi connectivity index (χ0n) is 8.27. The van der Waals surface area contributed by atoms with Crippen LogP contribution in [0.4, 0.5) is 0 Å². The maximum absolute atomic E-state index is 9.97. The van der Waals surface area contributed by atoms with Crippen LogP contribution < -0.4 is 5.19 Å². The monoisotopic (exact) mass is 202 g/mol. The lowest BCUT2D eigenvalue weighted by Crippen LogP contribution is -2.29. The third-order valence-corrected chi connectivity index (χ3v) is 4.56. The van der Waals surface area contributed by atoms with E-state index in [0.717, 1.165) is 6.04 Å². The number of hydrogen-bond acceptors (Lipinski definition) is 1. The first-order valence-electron chi connectivity index (χ1n) is 4.98. The van der Waals surface area contributed by atoms with Gasteiger partial charge in [0, 0.05) is 0 Å². The Bertz CT molecular complexity index is 434. The Balaban J connectivity index is 2.65. The molecule has 0 spiro atoms. The van der Waals surface area contributed by atoms with E-state index in [0.29, 0.717) is 0 Å². The molecule has 0 aromatic heterocycles. The van der Waals surface area contributed by atoms with Crippen molar-refractivity contribution in [2.45, 2.75) is 13.0 Å². The quantitative estimate of drug-likeness (QED) is 0.736. The highest BCUT2D eigenvalue weighted by atomic mass is 28.3. The molecule has 2 aromatic rings. The van der Waals surface area contributed by atoms with E-state index in [1.54, 1.807) is 0 Å². The molecule has 0 radical (unpaired) electrons. The van der Waals surface area contributed by atoms with Crippen LogP contribution in [0.1, 0.15) is 6.92 Å². The van der Waals surface area contributed by atoms with E-state index in [4.69, 9.17) is 0 Å². The van der Waals surface area contributed by atoms with Crippen molar-refractivity contribution in [1.82, 2.24) is 0 Å². The molecule has 0 bridgehead atoms. The molecule has 1 N–H and O–H groups in total. The molecular formula is C12H14OSi. The zero-order chi connectivity index (χ0) is 9.97. The van der Waals surface area contributed by atoms with Gasteiger partial charge in [0.25, 0.3) is 0 Å². The zero-order valence-corrected chi connectivity index (χ0v) is 9.43. The Morgan fingerprint density at radius 3 is 2.57 bits per heavy atom. The molecule has 2 rings (SSSR count). The molecule has 0 saturated heterocycles. The molecule has 0 aliphatic heterocycles. The van der Waals surface area contributed by atoms with E-state index in [-0.39, 0.29) is 0 Å². The largest absolute Gasteiger partial charge is 0.430 e. The first kappa shape index (κ1) is 9.43. The van der Waals surface area contributed by atoms with Gasteiger partial charge in [0.1, 0.15) is 0 Å². The summed E-state index contributed by atoms with van der Waals surface area (Å²) in [5.41, 5.74) is 0. The van der Waals surface area contributed by atoms with Crippen molar-refractivity contribution in [3.05, 3.63) is 42.5 Å². The van der Waals surface area contributed by atoms with Gasteiger partial charge in [-0.15, -0.1) is 0 Å². The molecule has 0 aliphatic rings. The van der Waals surface area contributed by atoms with Crippen molar-refractivity contribution in [3.8, 4) is 0 Å². The van der Waals surface area contributed by atoms with E-state index >= 15 is 0 Å². The maximum Gasteiger partial charge on any atom is 0.204 e. The topological polar surface area (TPSA) is 20.2 Å². The average Bonchev–Trinajstić information content (AvgIpc) is 2.27. The van der Waals surface area contributed by atoms with Gasteiger partial charge in [-0.25, -0.2) is 0 Å². The lowest BCUT2D eigenvalue weighted by molar-refractivity contribution is 0.586. The molecular weight excluding hydrogens is 188 g/mol. The SMILES string of the molecule is CC[SiH](O)c1cccc2ccccc12. The second kappa shape index (κ2) is 3.94. The molecule has 1 nitrogen and oxygen atoms in total. The van der Waals surface area contributed by atoms with E-state index in [2.05, 4.69) is 31.2 Å². The molecule has 2 heteroatoms. The van der Waals surface area contributed by atoms with Crippen LogP contribution in [0.15, 0.2) is 42.5 Å². The Kier molecular flexibility index (Phi) is 2.66. The average molecular weight is 202 g/mol. The summed E-state index contributed by atoms with van der Waals surface area (Å²) < 4.78 is 0. The fourth-order valence-electron chi connectivity index (χ4n) is 1.76. The third kappa shape index (κ3) is 1.58. The molecule has 0 heterocycles. The predicted octanol–water partition coefficient (Wildman–Crippen LogP) is 1.78. The smallest absolute Gasteiger partial charge is 0.204 e. The lowest BCUT2D eigenvalue weighted by Gasteiger charge is -2.09. The van der Waals surface area contributed by atoms with Crippen LogP contribution >= 0.6 is 0 Å². The first-order valence-corrected chi connectivity index (χ1v) is 6.89. The van der Waals surface area contributed by atoms with Crippen LogP contribution in [0.25, 0.3) is 10.8 Å². The van der Waals surface area contributed by atoms with Gasteiger partial charge in [-0.1, -0.05) is 49.4 Å². The Hall–Kier alpha value is -1.12. The second-order valence-electron chi connectivity index (χ2n) is 3.49. The van der Waals surface area contributed by atoms with Crippen LogP contribution in [0.2, 0.25) is 6.04 Å². The minimum absolute atomic E-state index is 0.897. The number of rotatable bonds is 2. The highest BCUT2D eigenvalue weighted by molar-refractivity contribution is 6.68. The predicted molar refractivity (Wildman–Crippen MR) is 63.4 cm³/mol. The van der Waals surface area contributed by atoms with E-state index in [1.165, 1.54) is 16.0 Å². The Morgan fingerprint density at radius 2 is 1.79 bits per heavy atom. The number of hydrogen-bond donors (Lipinski definition) is 1. The summed E-state index contributed by atoms with van der Waals surface area (Å²) in [5, 5.41) is 3.62.